The standard InChI is InChI=1S/C18H18N2O6S/c1-25-15-7-6-13(11-16(15)26-2)19-18(22)12-4-3-5-14(10-12)20-17(21)8-9-27(20,23)24/h3-7,10-11H,8-9H2,1-2H3,(H,19,22). The first-order valence-electron chi connectivity index (χ1n) is 8.05. The molecular weight excluding hydrogens is 372 g/mol. The Morgan fingerprint density at radius 2 is 1.81 bits per heavy atom. The molecule has 0 unspecified atom stereocenters. The van der Waals surface area contributed by atoms with E-state index in [1.165, 1.54) is 38.5 Å². The van der Waals surface area contributed by atoms with Gasteiger partial charge in [-0.25, -0.2) is 12.7 Å². The number of amides is 2. The largest absolute Gasteiger partial charge is 0.493 e. The van der Waals surface area contributed by atoms with Crippen LogP contribution >= 0.6 is 0 Å². The van der Waals surface area contributed by atoms with Gasteiger partial charge in [0.05, 0.1) is 25.7 Å². The van der Waals surface area contributed by atoms with E-state index in [1.807, 2.05) is 0 Å². The monoisotopic (exact) mass is 390 g/mol. The Morgan fingerprint density at radius 1 is 1.07 bits per heavy atom. The number of sulfonamides is 1. The Bertz CT molecular complexity index is 1000. The second-order valence-electron chi connectivity index (χ2n) is 5.80. The highest BCUT2D eigenvalue weighted by atomic mass is 32.2. The number of carbonyl (C=O) groups excluding carboxylic acids is 2. The van der Waals surface area contributed by atoms with Crippen LogP contribution in [0.1, 0.15) is 16.8 Å². The summed E-state index contributed by atoms with van der Waals surface area (Å²) in [6.45, 7) is 0. The third-order valence-electron chi connectivity index (χ3n) is 4.06. The minimum atomic E-state index is -3.69. The number of nitrogens with one attached hydrogen (secondary N) is 1. The summed E-state index contributed by atoms with van der Waals surface area (Å²) in [7, 11) is -0.690. The van der Waals surface area contributed by atoms with Gasteiger partial charge in [-0.15, -0.1) is 0 Å². The van der Waals surface area contributed by atoms with E-state index in [4.69, 9.17) is 9.47 Å². The van der Waals surface area contributed by atoms with Crippen molar-refractivity contribution in [3.63, 3.8) is 0 Å². The second-order valence-corrected chi connectivity index (χ2v) is 7.74. The van der Waals surface area contributed by atoms with Crippen LogP contribution in [0.2, 0.25) is 0 Å². The summed E-state index contributed by atoms with van der Waals surface area (Å²) in [6.07, 6.45) is -0.0651. The molecule has 1 heterocycles. The average Bonchev–Trinajstić information content (AvgIpc) is 2.94. The van der Waals surface area contributed by atoms with Crippen molar-refractivity contribution in [2.75, 3.05) is 29.6 Å². The highest BCUT2D eigenvalue weighted by Crippen LogP contribution is 2.30. The molecule has 0 radical (unpaired) electrons. The minimum absolute atomic E-state index is 0.0651. The molecule has 1 aliphatic heterocycles. The van der Waals surface area contributed by atoms with Gasteiger partial charge >= 0.3 is 0 Å². The summed E-state index contributed by atoms with van der Waals surface area (Å²) in [5, 5.41) is 2.71. The molecular formula is C18H18N2O6S. The van der Waals surface area contributed by atoms with Gasteiger partial charge in [0.1, 0.15) is 0 Å². The predicted octanol–water partition coefficient (Wildman–Crippen LogP) is 2.02. The minimum Gasteiger partial charge on any atom is -0.493 e. The van der Waals surface area contributed by atoms with E-state index < -0.39 is 21.8 Å². The first-order valence-corrected chi connectivity index (χ1v) is 9.66. The molecule has 0 atom stereocenters. The number of carbonyl (C=O) groups is 2. The first-order chi connectivity index (χ1) is 12.9. The van der Waals surface area contributed by atoms with Gasteiger partial charge in [0.25, 0.3) is 5.91 Å². The van der Waals surface area contributed by atoms with Gasteiger partial charge in [-0.3, -0.25) is 9.59 Å². The Morgan fingerprint density at radius 3 is 2.44 bits per heavy atom. The van der Waals surface area contributed by atoms with Crippen LogP contribution in [0.15, 0.2) is 42.5 Å². The topological polar surface area (TPSA) is 102 Å². The van der Waals surface area contributed by atoms with Crippen molar-refractivity contribution in [1.29, 1.82) is 0 Å². The number of methoxy groups -OCH3 is 2. The summed E-state index contributed by atoms with van der Waals surface area (Å²) in [6, 6.07) is 10.8. The molecule has 1 saturated heterocycles. The lowest BCUT2D eigenvalue weighted by atomic mass is 10.1. The van der Waals surface area contributed by atoms with E-state index in [1.54, 1.807) is 18.2 Å². The van der Waals surface area contributed by atoms with E-state index in [-0.39, 0.29) is 23.4 Å². The molecule has 3 rings (SSSR count). The average molecular weight is 390 g/mol. The molecule has 1 fully saturated rings. The number of nitrogens with zero attached hydrogens (tertiary/aromatic N) is 1. The molecule has 2 amide bonds. The molecule has 2 aromatic rings. The molecule has 2 aromatic carbocycles. The smallest absolute Gasteiger partial charge is 0.255 e. The van der Waals surface area contributed by atoms with Crippen LogP contribution in [-0.4, -0.2) is 40.2 Å². The van der Waals surface area contributed by atoms with Gasteiger partial charge < -0.3 is 14.8 Å². The molecule has 27 heavy (non-hydrogen) atoms. The van der Waals surface area contributed by atoms with Crippen molar-refractivity contribution in [3.05, 3.63) is 48.0 Å². The highest BCUT2D eigenvalue weighted by molar-refractivity contribution is 7.94. The summed E-state index contributed by atoms with van der Waals surface area (Å²) in [5.74, 6) is -0.206. The lowest BCUT2D eigenvalue weighted by Gasteiger charge is -2.16. The molecule has 0 bridgehead atoms. The molecule has 0 spiro atoms. The maximum atomic E-state index is 12.5. The summed E-state index contributed by atoms with van der Waals surface area (Å²) < 4.78 is 35.2. The molecule has 0 aliphatic carbocycles. The summed E-state index contributed by atoms with van der Waals surface area (Å²) in [4.78, 5) is 24.5. The van der Waals surface area contributed by atoms with Crippen molar-refractivity contribution in [2.24, 2.45) is 0 Å². The van der Waals surface area contributed by atoms with E-state index in [0.717, 1.165) is 4.31 Å². The summed E-state index contributed by atoms with van der Waals surface area (Å²) >= 11 is 0. The van der Waals surface area contributed by atoms with Crippen LogP contribution in [-0.2, 0) is 14.8 Å². The SMILES string of the molecule is COc1ccc(NC(=O)c2cccc(N3C(=O)CCS3(=O)=O)c2)cc1OC. The number of rotatable bonds is 5. The summed E-state index contributed by atoms with van der Waals surface area (Å²) in [5.41, 5.74) is 0.850. The van der Waals surface area contributed by atoms with Gasteiger partial charge in [0.15, 0.2) is 11.5 Å². The highest BCUT2D eigenvalue weighted by Gasteiger charge is 2.36. The van der Waals surface area contributed by atoms with Crippen LogP contribution in [0.25, 0.3) is 0 Å². The van der Waals surface area contributed by atoms with Crippen molar-refractivity contribution in [3.8, 4) is 11.5 Å². The third kappa shape index (κ3) is 3.72. The van der Waals surface area contributed by atoms with Crippen LogP contribution < -0.4 is 19.1 Å². The van der Waals surface area contributed by atoms with Crippen LogP contribution in [0.5, 0.6) is 11.5 Å². The zero-order valence-corrected chi connectivity index (χ0v) is 15.6. The molecule has 0 aromatic heterocycles. The number of benzene rings is 2. The fourth-order valence-corrected chi connectivity index (χ4v) is 4.21. The maximum Gasteiger partial charge on any atom is 0.255 e. The zero-order valence-electron chi connectivity index (χ0n) is 14.8. The van der Waals surface area contributed by atoms with Crippen LogP contribution in [0.3, 0.4) is 0 Å². The van der Waals surface area contributed by atoms with Gasteiger partial charge in [-0.2, -0.15) is 0 Å². The molecule has 8 nitrogen and oxygen atoms in total. The Kier molecular flexibility index (Phi) is 5.04. The second kappa shape index (κ2) is 7.28. The van der Waals surface area contributed by atoms with Crippen molar-refractivity contribution >= 4 is 33.2 Å². The Balaban J connectivity index is 1.85. The van der Waals surface area contributed by atoms with Gasteiger partial charge in [0.2, 0.25) is 15.9 Å². The van der Waals surface area contributed by atoms with Crippen LogP contribution in [0, 0.1) is 0 Å². The third-order valence-corrected chi connectivity index (χ3v) is 5.75. The zero-order chi connectivity index (χ0) is 19.6. The van der Waals surface area contributed by atoms with Gasteiger partial charge in [0, 0.05) is 23.7 Å². The lowest BCUT2D eigenvalue weighted by molar-refractivity contribution is -0.116. The lowest BCUT2D eigenvalue weighted by Crippen LogP contribution is -2.29. The molecule has 1 N–H and O–H groups in total. The molecule has 142 valence electrons. The normalized spacial score (nSPS) is 15.5. The number of ether oxygens (including phenoxy) is 2. The van der Waals surface area contributed by atoms with Gasteiger partial charge in [-0.1, -0.05) is 6.07 Å². The molecule has 9 heteroatoms. The van der Waals surface area contributed by atoms with Crippen LogP contribution in [0.4, 0.5) is 11.4 Å². The van der Waals surface area contributed by atoms with Gasteiger partial charge in [-0.05, 0) is 30.3 Å². The number of anilines is 2. The van der Waals surface area contributed by atoms with Crippen molar-refractivity contribution < 1.29 is 27.5 Å². The Labute approximate surface area is 156 Å². The van der Waals surface area contributed by atoms with Crippen molar-refractivity contribution in [1.82, 2.24) is 0 Å². The van der Waals surface area contributed by atoms with E-state index in [0.29, 0.717) is 17.2 Å². The quantitative estimate of drug-likeness (QED) is 0.838. The Hall–Kier alpha value is -3.07. The molecule has 1 aliphatic rings. The number of hydrogen-bond acceptors (Lipinski definition) is 6. The molecule has 0 saturated carbocycles. The van der Waals surface area contributed by atoms with Crippen molar-refractivity contribution in [2.45, 2.75) is 6.42 Å². The maximum absolute atomic E-state index is 12.5. The predicted molar refractivity (Wildman–Crippen MR) is 99.8 cm³/mol. The van der Waals surface area contributed by atoms with E-state index in [9.17, 15) is 18.0 Å². The van der Waals surface area contributed by atoms with E-state index in [2.05, 4.69) is 5.32 Å². The first kappa shape index (κ1) is 18.7. The van der Waals surface area contributed by atoms with E-state index >= 15 is 0 Å². The number of hydrogen-bond donors (Lipinski definition) is 1. The fraction of sp³-hybridized carbons (Fsp3) is 0.222. The fourth-order valence-electron chi connectivity index (χ4n) is 2.76.